The summed E-state index contributed by atoms with van der Waals surface area (Å²) >= 11 is 0. The first-order valence-corrected chi connectivity index (χ1v) is 6.15. The van der Waals surface area contributed by atoms with Gasteiger partial charge in [-0.2, -0.15) is 4.98 Å². The lowest BCUT2D eigenvalue weighted by molar-refractivity contribution is 0.414. The van der Waals surface area contributed by atoms with Gasteiger partial charge >= 0.3 is 0 Å². The highest BCUT2D eigenvalue weighted by Crippen LogP contribution is 2.13. The molecule has 3 N–H and O–H groups in total. The van der Waals surface area contributed by atoms with Crippen molar-refractivity contribution < 1.29 is 4.74 Å². The van der Waals surface area contributed by atoms with Gasteiger partial charge in [0.25, 0.3) is 0 Å². The second-order valence-electron chi connectivity index (χ2n) is 4.28. The Hall–Kier alpha value is -2.30. The van der Waals surface area contributed by atoms with Crippen molar-refractivity contribution in [2.45, 2.75) is 13.3 Å². The summed E-state index contributed by atoms with van der Waals surface area (Å²) in [5.41, 5.74) is 7.80. The van der Waals surface area contributed by atoms with Crippen LogP contribution in [-0.2, 0) is 6.42 Å². The number of benzene rings is 1. The molecule has 0 radical (unpaired) electrons. The Bertz CT molecular complexity index is 540. The van der Waals surface area contributed by atoms with Crippen LogP contribution in [0.2, 0.25) is 0 Å². The summed E-state index contributed by atoms with van der Waals surface area (Å²) in [7, 11) is 1.67. The smallest absolute Gasteiger partial charge is 0.221 e. The predicted octanol–water partition coefficient (Wildman–Crippen LogP) is 2.03. The van der Waals surface area contributed by atoms with E-state index in [4.69, 9.17) is 10.5 Å². The number of ether oxygens (including phenoxy) is 1. The molecule has 2 rings (SSSR count). The van der Waals surface area contributed by atoms with E-state index in [-0.39, 0.29) is 5.95 Å². The van der Waals surface area contributed by atoms with E-state index in [1.165, 1.54) is 5.56 Å². The maximum absolute atomic E-state index is 5.57. The molecule has 100 valence electrons. The van der Waals surface area contributed by atoms with Crippen molar-refractivity contribution in [2.24, 2.45) is 0 Å². The third-order valence-corrected chi connectivity index (χ3v) is 2.86. The summed E-state index contributed by atoms with van der Waals surface area (Å²) < 4.78 is 5.13. The second-order valence-corrected chi connectivity index (χ2v) is 4.28. The van der Waals surface area contributed by atoms with Gasteiger partial charge in [-0.1, -0.05) is 12.1 Å². The summed E-state index contributed by atoms with van der Waals surface area (Å²) in [6.45, 7) is 2.75. The highest BCUT2D eigenvalue weighted by atomic mass is 16.5. The van der Waals surface area contributed by atoms with E-state index >= 15 is 0 Å². The van der Waals surface area contributed by atoms with Crippen molar-refractivity contribution in [1.82, 2.24) is 9.97 Å². The number of nitrogens with zero attached hydrogens (tertiary/aromatic N) is 2. The van der Waals surface area contributed by atoms with Crippen LogP contribution in [0.15, 0.2) is 30.5 Å². The molecule has 0 bridgehead atoms. The average Bonchev–Trinajstić information content (AvgIpc) is 2.43. The van der Waals surface area contributed by atoms with Gasteiger partial charge in [0.2, 0.25) is 5.95 Å². The monoisotopic (exact) mass is 258 g/mol. The van der Waals surface area contributed by atoms with Gasteiger partial charge in [0.05, 0.1) is 7.11 Å². The molecule has 0 aliphatic rings. The van der Waals surface area contributed by atoms with Gasteiger partial charge < -0.3 is 15.8 Å². The molecule has 19 heavy (non-hydrogen) atoms. The molecular weight excluding hydrogens is 240 g/mol. The number of nitrogens with one attached hydrogen (secondary N) is 1. The van der Waals surface area contributed by atoms with Crippen molar-refractivity contribution in [3.8, 4) is 5.75 Å². The molecule has 0 unspecified atom stereocenters. The van der Waals surface area contributed by atoms with E-state index in [0.29, 0.717) is 0 Å². The quantitative estimate of drug-likeness (QED) is 0.858. The Kier molecular flexibility index (Phi) is 4.18. The van der Waals surface area contributed by atoms with Gasteiger partial charge in [0.1, 0.15) is 11.6 Å². The number of rotatable bonds is 5. The van der Waals surface area contributed by atoms with E-state index in [2.05, 4.69) is 27.4 Å². The van der Waals surface area contributed by atoms with E-state index in [9.17, 15) is 0 Å². The molecule has 0 amide bonds. The van der Waals surface area contributed by atoms with Crippen LogP contribution in [-0.4, -0.2) is 23.6 Å². The SMILES string of the molecule is COc1ccc(CCNc2nc(N)ncc2C)cc1. The van der Waals surface area contributed by atoms with Crippen molar-refractivity contribution in [3.05, 3.63) is 41.6 Å². The average molecular weight is 258 g/mol. The fraction of sp³-hybridized carbons (Fsp3) is 0.286. The minimum absolute atomic E-state index is 0.289. The minimum atomic E-state index is 0.289. The Labute approximate surface area is 112 Å². The lowest BCUT2D eigenvalue weighted by Gasteiger charge is -2.09. The van der Waals surface area contributed by atoms with Crippen LogP contribution in [0, 0.1) is 6.92 Å². The zero-order valence-electron chi connectivity index (χ0n) is 11.2. The van der Waals surface area contributed by atoms with Crippen molar-refractivity contribution in [2.75, 3.05) is 24.7 Å². The summed E-state index contributed by atoms with van der Waals surface area (Å²) in [6, 6.07) is 8.04. The number of nitrogens with two attached hydrogens (primary N) is 1. The number of methoxy groups -OCH3 is 1. The molecule has 0 spiro atoms. The van der Waals surface area contributed by atoms with E-state index in [1.54, 1.807) is 13.3 Å². The van der Waals surface area contributed by atoms with Gasteiger partial charge in [0, 0.05) is 18.3 Å². The van der Waals surface area contributed by atoms with E-state index in [1.807, 2.05) is 19.1 Å². The first-order chi connectivity index (χ1) is 9.19. The van der Waals surface area contributed by atoms with Crippen molar-refractivity contribution >= 4 is 11.8 Å². The van der Waals surface area contributed by atoms with Crippen LogP contribution in [0.5, 0.6) is 5.75 Å². The normalized spacial score (nSPS) is 10.2. The van der Waals surface area contributed by atoms with Gasteiger partial charge in [0.15, 0.2) is 0 Å². The lowest BCUT2D eigenvalue weighted by Crippen LogP contribution is -2.09. The molecule has 0 atom stereocenters. The van der Waals surface area contributed by atoms with Gasteiger partial charge in [-0.25, -0.2) is 4.98 Å². The number of anilines is 2. The topological polar surface area (TPSA) is 73.1 Å². The first-order valence-electron chi connectivity index (χ1n) is 6.15. The highest BCUT2D eigenvalue weighted by Gasteiger charge is 2.01. The Morgan fingerprint density at radius 2 is 2.00 bits per heavy atom. The minimum Gasteiger partial charge on any atom is -0.497 e. The van der Waals surface area contributed by atoms with Gasteiger partial charge in [-0.3, -0.25) is 0 Å². The van der Waals surface area contributed by atoms with Crippen LogP contribution in [0.1, 0.15) is 11.1 Å². The number of hydrogen-bond donors (Lipinski definition) is 2. The number of aryl methyl sites for hydroxylation is 1. The van der Waals surface area contributed by atoms with Gasteiger partial charge in [-0.15, -0.1) is 0 Å². The molecule has 2 aromatic rings. The van der Waals surface area contributed by atoms with Gasteiger partial charge in [-0.05, 0) is 31.0 Å². The van der Waals surface area contributed by atoms with Crippen molar-refractivity contribution in [3.63, 3.8) is 0 Å². The van der Waals surface area contributed by atoms with Crippen LogP contribution >= 0.6 is 0 Å². The standard InChI is InChI=1S/C14H18N4O/c1-10-9-17-14(15)18-13(10)16-8-7-11-3-5-12(19-2)6-4-11/h3-6,9H,7-8H2,1-2H3,(H3,15,16,17,18). The Morgan fingerprint density at radius 1 is 1.26 bits per heavy atom. The fourth-order valence-electron chi connectivity index (χ4n) is 1.75. The first kappa shape index (κ1) is 13.1. The third kappa shape index (κ3) is 3.58. The largest absolute Gasteiger partial charge is 0.497 e. The van der Waals surface area contributed by atoms with Crippen LogP contribution in [0.25, 0.3) is 0 Å². The molecule has 1 aromatic carbocycles. The number of nitrogen functional groups attached to an aromatic ring is 1. The molecule has 0 fully saturated rings. The van der Waals surface area contributed by atoms with Crippen molar-refractivity contribution in [1.29, 1.82) is 0 Å². The molecule has 0 aliphatic heterocycles. The maximum Gasteiger partial charge on any atom is 0.221 e. The number of aromatic nitrogens is 2. The van der Waals surface area contributed by atoms with Crippen LogP contribution in [0.4, 0.5) is 11.8 Å². The molecule has 1 aromatic heterocycles. The molecule has 5 heteroatoms. The molecular formula is C14H18N4O. The van der Waals surface area contributed by atoms with Crippen LogP contribution < -0.4 is 15.8 Å². The van der Waals surface area contributed by atoms with Crippen LogP contribution in [0.3, 0.4) is 0 Å². The Balaban J connectivity index is 1.90. The molecule has 0 saturated carbocycles. The summed E-state index contributed by atoms with van der Waals surface area (Å²) in [5, 5.41) is 3.27. The maximum atomic E-state index is 5.57. The molecule has 5 nitrogen and oxygen atoms in total. The summed E-state index contributed by atoms with van der Waals surface area (Å²) in [6.07, 6.45) is 2.63. The molecule has 0 saturated heterocycles. The van der Waals surface area contributed by atoms with E-state index < -0.39 is 0 Å². The second kappa shape index (κ2) is 6.04. The van der Waals surface area contributed by atoms with E-state index in [0.717, 1.165) is 30.1 Å². The molecule has 0 aliphatic carbocycles. The lowest BCUT2D eigenvalue weighted by atomic mass is 10.1. The Morgan fingerprint density at radius 3 is 2.68 bits per heavy atom. The zero-order chi connectivity index (χ0) is 13.7. The third-order valence-electron chi connectivity index (χ3n) is 2.86. The number of hydrogen-bond acceptors (Lipinski definition) is 5. The zero-order valence-corrected chi connectivity index (χ0v) is 11.2. The summed E-state index contributed by atoms with van der Waals surface area (Å²) in [5.74, 6) is 1.95. The predicted molar refractivity (Wildman–Crippen MR) is 76.4 cm³/mol. The summed E-state index contributed by atoms with van der Waals surface area (Å²) in [4.78, 5) is 8.10. The molecule has 1 heterocycles. The highest BCUT2D eigenvalue weighted by molar-refractivity contribution is 5.45. The fourth-order valence-corrected chi connectivity index (χ4v) is 1.75.